The maximum atomic E-state index is 15.9. The zero-order chi connectivity index (χ0) is 22.7. The van der Waals surface area contributed by atoms with E-state index in [0.717, 1.165) is 25.9 Å². The van der Waals surface area contributed by atoms with Gasteiger partial charge in [0.05, 0.1) is 10.9 Å². The van der Waals surface area contributed by atoms with E-state index in [1.807, 2.05) is 0 Å². The molecule has 33 heavy (non-hydrogen) atoms. The number of hydrogen-bond donors (Lipinski definition) is 1. The van der Waals surface area contributed by atoms with Gasteiger partial charge in [-0.1, -0.05) is 30.2 Å². The van der Waals surface area contributed by atoms with Crippen molar-refractivity contribution in [2.45, 2.75) is 24.9 Å². The summed E-state index contributed by atoms with van der Waals surface area (Å²) in [5, 5.41) is 5.16. The van der Waals surface area contributed by atoms with Gasteiger partial charge in [0.15, 0.2) is 5.82 Å². The standard InChI is InChI=1S/C25H18ClF2N5/c1-2-16-19(27)9-6-13-4-3-5-17(20(13)16)22-21(28)23-18(10-29-22)24(32-25(26)31-23)33-11-14-7-8-15(12-33)30-14/h1,3-6,9-10,14-15,30H,7-8,11-12H2. The van der Waals surface area contributed by atoms with Gasteiger partial charge in [-0.15, -0.1) is 6.42 Å². The Balaban J connectivity index is 1.57. The highest BCUT2D eigenvalue weighted by molar-refractivity contribution is 6.28. The van der Waals surface area contributed by atoms with E-state index in [1.54, 1.807) is 30.5 Å². The second kappa shape index (κ2) is 7.62. The van der Waals surface area contributed by atoms with Gasteiger partial charge in [-0.25, -0.2) is 13.8 Å². The number of piperazine rings is 1. The van der Waals surface area contributed by atoms with Crippen molar-refractivity contribution < 1.29 is 8.78 Å². The van der Waals surface area contributed by atoms with Crippen molar-refractivity contribution in [2.75, 3.05) is 18.0 Å². The smallest absolute Gasteiger partial charge is 0.225 e. The second-order valence-corrected chi connectivity index (χ2v) is 8.85. The summed E-state index contributed by atoms with van der Waals surface area (Å²) in [7, 11) is 0. The molecule has 2 fully saturated rings. The summed E-state index contributed by atoms with van der Waals surface area (Å²) < 4.78 is 30.4. The van der Waals surface area contributed by atoms with Gasteiger partial charge in [0.1, 0.15) is 22.8 Å². The predicted molar refractivity (Wildman–Crippen MR) is 125 cm³/mol. The van der Waals surface area contributed by atoms with Crippen LogP contribution in [0, 0.1) is 24.0 Å². The predicted octanol–water partition coefficient (Wildman–Crippen LogP) is 4.70. The van der Waals surface area contributed by atoms with E-state index >= 15 is 4.39 Å². The van der Waals surface area contributed by atoms with Crippen LogP contribution in [0.3, 0.4) is 0 Å². The molecule has 0 radical (unpaired) electrons. The Morgan fingerprint density at radius 2 is 1.88 bits per heavy atom. The van der Waals surface area contributed by atoms with Crippen LogP contribution in [0.25, 0.3) is 32.9 Å². The first-order chi connectivity index (χ1) is 16.0. The molecule has 4 heterocycles. The Bertz CT molecular complexity index is 1470. The molecule has 2 aromatic carbocycles. The van der Waals surface area contributed by atoms with Crippen molar-refractivity contribution in [3.8, 4) is 23.6 Å². The molecular formula is C25H18ClF2N5. The van der Waals surface area contributed by atoms with E-state index in [4.69, 9.17) is 18.0 Å². The first-order valence-corrected chi connectivity index (χ1v) is 11.1. The second-order valence-electron chi connectivity index (χ2n) is 8.51. The number of fused-ring (bicyclic) bond motifs is 4. The number of nitrogens with zero attached hydrogens (tertiary/aromatic N) is 4. The Labute approximate surface area is 193 Å². The van der Waals surface area contributed by atoms with Crippen molar-refractivity contribution in [1.82, 2.24) is 20.3 Å². The van der Waals surface area contributed by atoms with Crippen molar-refractivity contribution >= 4 is 39.1 Å². The van der Waals surface area contributed by atoms with E-state index in [2.05, 4.69) is 31.1 Å². The summed E-state index contributed by atoms with van der Waals surface area (Å²) in [6, 6.07) is 8.91. The monoisotopic (exact) mass is 461 g/mol. The van der Waals surface area contributed by atoms with Crippen LogP contribution in [0.15, 0.2) is 36.5 Å². The Hall–Kier alpha value is -3.34. The van der Waals surface area contributed by atoms with Crippen LogP contribution in [0.2, 0.25) is 5.28 Å². The molecule has 5 nitrogen and oxygen atoms in total. The molecule has 0 spiro atoms. The van der Waals surface area contributed by atoms with Gasteiger partial charge in [0, 0.05) is 42.3 Å². The number of rotatable bonds is 2. The number of halogens is 3. The minimum atomic E-state index is -0.643. The number of pyridine rings is 1. The van der Waals surface area contributed by atoms with Crippen molar-refractivity contribution in [3.63, 3.8) is 0 Å². The van der Waals surface area contributed by atoms with E-state index < -0.39 is 11.6 Å². The van der Waals surface area contributed by atoms with Crippen LogP contribution in [0.5, 0.6) is 0 Å². The van der Waals surface area contributed by atoms with Gasteiger partial charge in [0.2, 0.25) is 5.28 Å². The van der Waals surface area contributed by atoms with Gasteiger partial charge >= 0.3 is 0 Å². The fraction of sp³-hybridized carbons (Fsp3) is 0.240. The highest BCUT2D eigenvalue weighted by Crippen LogP contribution is 2.37. The molecule has 2 atom stereocenters. The third-order valence-corrected chi connectivity index (χ3v) is 6.72. The van der Waals surface area contributed by atoms with Gasteiger partial charge in [-0.2, -0.15) is 4.98 Å². The molecule has 0 saturated carbocycles. The number of nitrogens with one attached hydrogen (secondary N) is 1. The number of hydrogen-bond acceptors (Lipinski definition) is 5. The largest absolute Gasteiger partial charge is 0.353 e. The lowest BCUT2D eigenvalue weighted by Gasteiger charge is -2.34. The molecule has 1 N–H and O–H groups in total. The van der Waals surface area contributed by atoms with E-state index in [1.165, 1.54) is 6.07 Å². The van der Waals surface area contributed by atoms with Crippen molar-refractivity contribution in [3.05, 3.63) is 59.0 Å². The summed E-state index contributed by atoms with van der Waals surface area (Å²) in [6.07, 6.45) is 9.36. The summed E-state index contributed by atoms with van der Waals surface area (Å²) in [5.74, 6) is 1.79. The fourth-order valence-electron chi connectivity index (χ4n) is 5.11. The number of benzene rings is 2. The minimum Gasteiger partial charge on any atom is -0.353 e. The summed E-state index contributed by atoms with van der Waals surface area (Å²) in [5.41, 5.74) is 0.589. The normalized spacial score (nSPS) is 19.9. The maximum Gasteiger partial charge on any atom is 0.225 e. The fourth-order valence-corrected chi connectivity index (χ4v) is 5.27. The lowest BCUT2D eigenvalue weighted by molar-refractivity contribution is 0.464. The average Bonchev–Trinajstić information content (AvgIpc) is 3.16. The highest BCUT2D eigenvalue weighted by atomic mass is 35.5. The van der Waals surface area contributed by atoms with Crippen LogP contribution in [-0.4, -0.2) is 40.1 Å². The van der Waals surface area contributed by atoms with Crippen molar-refractivity contribution in [1.29, 1.82) is 0 Å². The van der Waals surface area contributed by atoms with Crippen LogP contribution in [-0.2, 0) is 0 Å². The first kappa shape index (κ1) is 20.3. The lowest BCUT2D eigenvalue weighted by atomic mass is 9.96. The Morgan fingerprint density at radius 3 is 2.64 bits per heavy atom. The molecule has 2 bridgehead atoms. The molecule has 2 aliphatic rings. The SMILES string of the molecule is C#Cc1c(F)ccc2cccc(-c3ncc4c(N5CC6CCC(C5)N6)nc(Cl)nc4c3F)c12. The maximum absolute atomic E-state index is 15.9. The van der Waals surface area contributed by atoms with Gasteiger partial charge in [-0.05, 0) is 35.9 Å². The summed E-state index contributed by atoms with van der Waals surface area (Å²) in [6.45, 7) is 1.52. The first-order valence-electron chi connectivity index (χ1n) is 10.7. The molecule has 6 rings (SSSR count). The van der Waals surface area contributed by atoms with Crippen LogP contribution in [0.1, 0.15) is 18.4 Å². The number of terminal acetylenes is 1. The summed E-state index contributed by atoms with van der Waals surface area (Å²) >= 11 is 6.24. The summed E-state index contributed by atoms with van der Waals surface area (Å²) in [4.78, 5) is 15.2. The topological polar surface area (TPSA) is 53.9 Å². The molecule has 2 saturated heterocycles. The molecular weight excluding hydrogens is 444 g/mol. The number of aromatic nitrogens is 3. The molecule has 2 aromatic heterocycles. The molecule has 164 valence electrons. The molecule has 2 aliphatic heterocycles. The molecule has 2 unspecified atom stereocenters. The Kier molecular flexibility index (Phi) is 4.68. The van der Waals surface area contributed by atoms with Gasteiger partial charge in [0.25, 0.3) is 0 Å². The quantitative estimate of drug-likeness (QED) is 0.346. The van der Waals surface area contributed by atoms with E-state index in [-0.39, 0.29) is 22.1 Å². The third-order valence-electron chi connectivity index (χ3n) is 6.55. The minimum absolute atomic E-state index is 0.0345. The van der Waals surface area contributed by atoms with Gasteiger partial charge in [-0.3, -0.25) is 4.98 Å². The Morgan fingerprint density at radius 1 is 1.09 bits per heavy atom. The third kappa shape index (κ3) is 3.21. The molecule has 8 heteroatoms. The molecule has 4 aromatic rings. The van der Waals surface area contributed by atoms with Crippen LogP contribution in [0.4, 0.5) is 14.6 Å². The molecule has 0 amide bonds. The zero-order valence-electron chi connectivity index (χ0n) is 17.4. The number of anilines is 1. The van der Waals surface area contributed by atoms with Gasteiger partial charge < -0.3 is 10.2 Å². The average molecular weight is 462 g/mol. The van der Waals surface area contributed by atoms with Crippen molar-refractivity contribution in [2.24, 2.45) is 0 Å². The lowest BCUT2D eigenvalue weighted by Crippen LogP contribution is -2.51. The van der Waals surface area contributed by atoms with Crippen LogP contribution >= 0.6 is 11.6 Å². The zero-order valence-corrected chi connectivity index (χ0v) is 18.2. The highest BCUT2D eigenvalue weighted by Gasteiger charge is 2.34. The van der Waals surface area contributed by atoms with Crippen LogP contribution < -0.4 is 10.2 Å². The molecule has 0 aliphatic carbocycles. The van der Waals surface area contributed by atoms with E-state index in [0.29, 0.717) is 39.6 Å². The van der Waals surface area contributed by atoms with E-state index in [9.17, 15) is 4.39 Å².